The van der Waals surface area contributed by atoms with Crippen molar-refractivity contribution in [1.82, 2.24) is 4.72 Å². The van der Waals surface area contributed by atoms with Crippen molar-refractivity contribution < 1.29 is 12.8 Å². The van der Waals surface area contributed by atoms with E-state index >= 15 is 0 Å². The number of halogens is 2. The third-order valence-corrected chi connectivity index (χ3v) is 4.85. The van der Waals surface area contributed by atoms with Crippen molar-refractivity contribution in [2.75, 3.05) is 11.6 Å². The average Bonchev–Trinajstić information content (AvgIpc) is 2.36. The molecule has 0 aliphatic rings. The Morgan fingerprint density at radius 2 is 1.76 bits per heavy atom. The molecular formula is C15H23ClFNO2S. The molecule has 1 unspecified atom stereocenters. The van der Waals surface area contributed by atoms with Gasteiger partial charge < -0.3 is 0 Å². The maximum atomic E-state index is 13.0. The summed E-state index contributed by atoms with van der Waals surface area (Å²) in [5, 5.41) is 0. The van der Waals surface area contributed by atoms with Gasteiger partial charge in [0.05, 0.1) is 11.8 Å². The molecule has 1 aromatic rings. The smallest absolute Gasteiger partial charge is 0.212 e. The first kappa shape index (κ1) is 18.4. The molecule has 6 heteroatoms. The molecule has 1 aromatic carbocycles. The van der Waals surface area contributed by atoms with Crippen molar-refractivity contribution in [2.45, 2.75) is 39.7 Å². The molecule has 0 saturated heterocycles. The largest absolute Gasteiger partial charge is 0.212 e. The second-order valence-corrected chi connectivity index (χ2v) is 8.43. The summed E-state index contributed by atoms with van der Waals surface area (Å²) in [5.41, 5.74) is 0.432. The lowest BCUT2D eigenvalue weighted by Crippen LogP contribution is -2.37. The van der Waals surface area contributed by atoms with Crippen LogP contribution in [0.1, 0.15) is 45.2 Å². The number of nitrogens with one attached hydrogen (secondary N) is 1. The first-order chi connectivity index (χ1) is 9.65. The van der Waals surface area contributed by atoms with Crippen LogP contribution in [0.2, 0.25) is 0 Å². The van der Waals surface area contributed by atoms with Crippen LogP contribution in [0, 0.1) is 11.2 Å². The van der Waals surface area contributed by atoms with E-state index in [1.807, 2.05) is 20.8 Å². The molecule has 0 spiro atoms. The first-order valence-electron chi connectivity index (χ1n) is 6.97. The van der Waals surface area contributed by atoms with Gasteiger partial charge in [0, 0.05) is 5.88 Å². The predicted molar refractivity (Wildman–Crippen MR) is 85.5 cm³/mol. The van der Waals surface area contributed by atoms with Crippen molar-refractivity contribution in [1.29, 1.82) is 0 Å². The number of alkyl halides is 1. The Labute approximate surface area is 131 Å². The summed E-state index contributed by atoms with van der Waals surface area (Å²) >= 11 is 5.57. The van der Waals surface area contributed by atoms with Gasteiger partial charge in [-0.3, -0.25) is 0 Å². The number of hydrogen-bond donors (Lipinski definition) is 1. The third-order valence-electron chi connectivity index (χ3n) is 3.16. The van der Waals surface area contributed by atoms with Gasteiger partial charge in [0.2, 0.25) is 10.0 Å². The van der Waals surface area contributed by atoms with Crippen LogP contribution >= 0.6 is 11.6 Å². The molecule has 1 rings (SSSR count). The van der Waals surface area contributed by atoms with Crippen molar-refractivity contribution in [3.8, 4) is 0 Å². The van der Waals surface area contributed by atoms with Crippen LogP contribution in [0.4, 0.5) is 4.39 Å². The summed E-state index contributed by atoms with van der Waals surface area (Å²) in [6, 6.07) is 5.52. The van der Waals surface area contributed by atoms with E-state index in [0.29, 0.717) is 18.7 Å². The van der Waals surface area contributed by atoms with Crippen molar-refractivity contribution in [3.63, 3.8) is 0 Å². The summed E-state index contributed by atoms with van der Waals surface area (Å²) in [7, 11) is -3.40. The highest BCUT2D eigenvalue weighted by atomic mass is 35.5. The van der Waals surface area contributed by atoms with Gasteiger partial charge in [-0.1, -0.05) is 32.9 Å². The molecule has 3 nitrogen and oxygen atoms in total. The summed E-state index contributed by atoms with van der Waals surface area (Å²) in [4.78, 5) is 0. The summed E-state index contributed by atoms with van der Waals surface area (Å²) in [6.45, 7) is 5.84. The van der Waals surface area contributed by atoms with Crippen LogP contribution in [0.25, 0.3) is 0 Å². The maximum Gasteiger partial charge on any atom is 0.212 e. The SMILES string of the molecule is CC(C)(C)C(NS(=O)(=O)CCCCCl)c1ccc(F)cc1. The normalized spacial score (nSPS) is 14.1. The quantitative estimate of drug-likeness (QED) is 0.607. The van der Waals surface area contributed by atoms with Crippen LogP contribution in [0.5, 0.6) is 0 Å². The fourth-order valence-electron chi connectivity index (χ4n) is 2.03. The maximum absolute atomic E-state index is 13.0. The summed E-state index contributed by atoms with van der Waals surface area (Å²) in [6.07, 6.45) is 1.19. The molecule has 0 fully saturated rings. The molecule has 120 valence electrons. The highest BCUT2D eigenvalue weighted by Crippen LogP contribution is 2.33. The lowest BCUT2D eigenvalue weighted by molar-refractivity contribution is 0.304. The van der Waals surface area contributed by atoms with E-state index in [9.17, 15) is 12.8 Å². The molecular weight excluding hydrogens is 313 g/mol. The van der Waals surface area contributed by atoms with Gasteiger partial charge in [0.1, 0.15) is 5.82 Å². The van der Waals surface area contributed by atoms with Gasteiger partial charge in [-0.25, -0.2) is 17.5 Å². The molecule has 1 N–H and O–H groups in total. The number of hydrogen-bond acceptors (Lipinski definition) is 2. The van der Waals surface area contributed by atoms with E-state index in [0.717, 1.165) is 5.56 Å². The van der Waals surface area contributed by atoms with E-state index in [2.05, 4.69) is 4.72 Å². The second kappa shape index (κ2) is 7.56. The van der Waals surface area contributed by atoms with Gasteiger partial charge in [-0.15, -0.1) is 11.6 Å². The van der Waals surface area contributed by atoms with Crippen LogP contribution < -0.4 is 4.72 Å². The lowest BCUT2D eigenvalue weighted by atomic mass is 9.83. The van der Waals surface area contributed by atoms with Crippen LogP contribution in [0.3, 0.4) is 0 Å². The molecule has 0 aliphatic heterocycles. The Balaban J connectivity index is 2.92. The number of rotatable bonds is 7. The van der Waals surface area contributed by atoms with Crippen molar-refractivity contribution in [3.05, 3.63) is 35.6 Å². The van der Waals surface area contributed by atoms with E-state index in [1.165, 1.54) is 12.1 Å². The Morgan fingerprint density at radius 1 is 1.19 bits per heavy atom. The highest BCUT2D eigenvalue weighted by molar-refractivity contribution is 7.89. The Bertz CT molecular complexity index is 538. The second-order valence-electron chi connectivity index (χ2n) is 6.18. The third kappa shape index (κ3) is 6.32. The van der Waals surface area contributed by atoms with E-state index in [-0.39, 0.29) is 17.0 Å². The fourth-order valence-corrected chi connectivity index (χ4v) is 3.76. The zero-order chi connectivity index (χ0) is 16.1. The molecule has 0 saturated carbocycles. The van der Waals surface area contributed by atoms with Crippen molar-refractivity contribution in [2.24, 2.45) is 5.41 Å². The molecule has 0 heterocycles. The van der Waals surface area contributed by atoms with E-state index in [4.69, 9.17) is 11.6 Å². The zero-order valence-electron chi connectivity index (χ0n) is 12.7. The molecule has 21 heavy (non-hydrogen) atoms. The molecule has 0 aliphatic carbocycles. The van der Waals surface area contributed by atoms with Crippen LogP contribution in [-0.4, -0.2) is 20.1 Å². The standard InChI is InChI=1S/C15H23ClFNO2S/c1-15(2,3)14(12-6-8-13(17)9-7-12)18-21(19,20)11-5-4-10-16/h6-9,14,18H,4-5,10-11H2,1-3H3. The molecule has 0 aromatic heterocycles. The van der Waals surface area contributed by atoms with Gasteiger partial charge in [0.25, 0.3) is 0 Å². The Morgan fingerprint density at radius 3 is 2.24 bits per heavy atom. The highest BCUT2D eigenvalue weighted by Gasteiger charge is 2.30. The van der Waals surface area contributed by atoms with Gasteiger partial charge >= 0.3 is 0 Å². The molecule has 0 bridgehead atoms. The monoisotopic (exact) mass is 335 g/mol. The topological polar surface area (TPSA) is 46.2 Å². The summed E-state index contributed by atoms with van der Waals surface area (Å²) in [5.74, 6) is 0.167. The Kier molecular flexibility index (Phi) is 6.63. The molecule has 1 atom stereocenters. The minimum absolute atomic E-state index is 0.0491. The van der Waals surface area contributed by atoms with Gasteiger partial charge in [0.15, 0.2) is 0 Å². The van der Waals surface area contributed by atoms with E-state index < -0.39 is 16.1 Å². The fraction of sp³-hybridized carbons (Fsp3) is 0.600. The lowest BCUT2D eigenvalue weighted by Gasteiger charge is -2.31. The number of benzene rings is 1. The van der Waals surface area contributed by atoms with Gasteiger partial charge in [-0.2, -0.15) is 0 Å². The minimum Gasteiger partial charge on any atom is -0.212 e. The Hall–Kier alpha value is -0.650. The van der Waals surface area contributed by atoms with Crippen LogP contribution in [0.15, 0.2) is 24.3 Å². The minimum atomic E-state index is -3.40. The zero-order valence-corrected chi connectivity index (χ0v) is 14.3. The first-order valence-corrected chi connectivity index (χ1v) is 9.16. The van der Waals surface area contributed by atoms with Crippen LogP contribution in [-0.2, 0) is 10.0 Å². The molecule has 0 amide bonds. The summed E-state index contributed by atoms with van der Waals surface area (Å²) < 4.78 is 40.1. The average molecular weight is 336 g/mol. The van der Waals surface area contributed by atoms with Gasteiger partial charge in [-0.05, 0) is 36.0 Å². The predicted octanol–water partition coefficient (Wildman–Crippen LogP) is 3.85. The van der Waals surface area contributed by atoms with Crippen molar-refractivity contribution >= 4 is 21.6 Å². The van der Waals surface area contributed by atoms with E-state index in [1.54, 1.807) is 12.1 Å². The number of sulfonamides is 1. The number of unbranched alkanes of at least 4 members (excludes halogenated alkanes) is 1. The molecule has 0 radical (unpaired) electrons.